The molecule has 2 atom stereocenters. The van der Waals surface area contributed by atoms with Gasteiger partial charge < -0.3 is 15.6 Å². The summed E-state index contributed by atoms with van der Waals surface area (Å²) in [4.78, 5) is 17.0. The number of carbonyl (C=O) groups is 1. The van der Waals surface area contributed by atoms with E-state index in [2.05, 4.69) is 46.1 Å². The molecule has 0 aliphatic heterocycles. The molecule has 3 N–H and O–H groups in total. The van der Waals surface area contributed by atoms with Crippen LogP contribution in [0.1, 0.15) is 45.1 Å². The number of benzene rings is 2. The summed E-state index contributed by atoms with van der Waals surface area (Å²) in [5, 5.41) is 3.24. The van der Waals surface area contributed by atoms with Crippen molar-refractivity contribution in [2.75, 3.05) is 5.73 Å². The Labute approximate surface area is 177 Å². The maximum atomic E-state index is 12.6. The molecule has 3 aromatic rings. The second kappa shape index (κ2) is 7.31. The van der Waals surface area contributed by atoms with Crippen LogP contribution in [-0.4, -0.2) is 21.0 Å². The van der Waals surface area contributed by atoms with E-state index in [1.54, 1.807) is 0 Å². The highest BCUT2D eigenvalue weighted by molar-refractivity contribution is 5.80. The van der Waals surface area contributed by atoms with Gasteiger partial charge in [0.2, 0.25) is 5.91 Å². The highest BCUT2D eigenvalue weighted by atomic mass is 16.2. The van der Waals surface area contributed by atoms with Crippen LogP contribution < -0.4 is 11.1 Å². The maximum Gasteiger partial charge on any atom is 0.223 e. The van der Waals surface area contributed by atoms with E-state index in [4.69, 9.17) is 5.73 Å². The summed E-state index contributed by atoms with van der Waals surface area (Å²) in [6.07, 6.45) is 8.89. The highest BCUT2D eigenvalue weighted by Crippen LogP contribution is 2.40. The molecular formula is C25H28N4O. The van der Waals surface area contributed by atoms with E-state index >= 15 is 0 Å². The summed E-state index contributed by atoms with van der Waals surface area (Å²) in [6, 6.07) is 16.8. The van der Waals surface area contributed by atoms with Crippen LogP contribution in [-0.2, 0) is 4.79 Å². The average molecular weight is 401 g/mol. The van der Waals surface area contributed by atoms with E-state index in [1.807, 2.05) is 36.8 Å². The number of nitrogens with one attached hydrogen (secondary N) is 1. The third kappa shape index (κ3) is 3.72. The highest BCUT2D eigenvalue weighted by Gasteiger charge is 2.41. The van der Waals surface area contributed by atoms with Crippen molar-refractivity contribution in [1.82, 2.24) is 14.9 Å². The van der Waals surface area contributed by atoms with Crippen molar-refractivity contribution in [2.24, 2.45) is 5.92 Å². The van der Waals surface area contributed by atoms with Crippen LogP contribution in [0.5, 0.6) is 0 Å². The molecule has 2 unspecified atom stereocenters. The quantitative estimate of drug-likeness (QED) is 0.604. The Morgan fingerprint density at radius 2 is 1.67 bits per heavy atom. The van der Waals surface area contributed by atoms with Gasteiger partial charge in [-0.1, -0.05) is 36.4 Å². The minimum absolute atomic E-state index is 0.0571. The van der Waals surface area contributed by atoms with Gasteiger partial charge in [0.25, 0.3) is 0 Å². The fraction of sp³-hybridized carbons (Fsp3) is 0.360. The number of nitrogens with zero attached hydrogens (tertiary/aromatic N) is 2. The summed E-state index contributed by atoms with van der Waals surface area (Å²) in [5.41, 5.74) is 11.2. The smallest absolute Gasteiger partial charge is 0.223 e. The molecule has 1 aromatic heterocycles. The molecule has 5 heteroatoms. The Morgan fingerprint density at radius 3 is 2.33 bits per heavy atom. The van der Waals surface area contributed by atoms with Crippen LogP contribution in [0.25, 0.3) is 22.4 Å². The van der Waals surface area contributed by atoms with Crippen molar-refractivity contribution in [3.05, 3.63) is 61.1 Å². The summed E-state index contributed by atoms with van der Waals surface area (Å²) in [6.45, 7) is 2.14. The number of hydrogen-bond donors (Lipinski definition) is 2. The van der Waals surface area contributed by atoms with Crippen molar-refractivity contribution in [3.63, 3.8) is 0 Å². The molecule has 1 amide bonds. The Bertz CT molecular complexity index is 1050. The van der Waals surface area contributed by atoms with Crippen LogP contribution in [0, 0.1) is 5.92 Å². The zero-order valence-electron chi connectivity index (χ0n) is 17.3. The number of nitrogen functional groups attached to an aromatic ring is 1. The lowest BCUT2D eigenvalue weighted by Gasteiger charge is -2.18. The van der Waals surface area contributed by atoms with Crippen molar-refractivity contribution < 1.29 is 4.79 Å². The molecule has 30 heavy (non-hydrogen) atoms. The molecule has 2 aromatic carbocycles. The minimum Gasteiger partial charge on any atom is -0.399 e. The first-order valence-electron chi connectivity index (χ1n) is 10.8. The van der Waals surface area contributed by atoms with Gasteiger partial charge in [-0.05, 0) is 67.9 Å². The molecule has 0 bridgehead atoms. The van der Waals surface area contributed by atoms with E-state index in [0.29, 0.717) is 6.04 Å². The molecule has 2 aliphatic carbocycles. The Balaban J connectivity index is 1.31. The summed E-state index contributed by atoms with van der Waals surface area (Å²) >= 11 is 0. The van der Waals surface area contributed by atoms with E-state index in [1.165, 1.54) is 0 Å². The summed E-state index contributed by atoms with van der Waals surface area (Å²) in [7, 11) is 0. The Hall–Kier alpha value is -3.08. The molecule has 1 heterocycles. The molecule has 2 fully saturated rings. The lowest BCUT2D eigenvalue weighted by atomic mass is 10.0. The van der Waals surface area contributed by atoms with Gasteiger partial charge in [0.1, 0.15) is 0 Å². The van der Waals surface area contributed by atoms with Crippen molar-refractivity contribution in [1.29, 1.82) is 0 Å². The molecular weight excluding hydrogens is 372 g/mol. The first-order valence-corrected chi connectivity index (χ1v) is 10.8. The molecule has 0 saturated heterocycles. The fourth-order valence-corrected chi connectivity index (χ4v) is 4.49. The zero-order valence-corrected chi connectivity index (χ0v) is 17.3. The minimum atomic E-state index is 0.0571. The van der Waals surface area contributed by atoms with E-state index in [0.717, 1.165) is 60.2 Å². The largest absolute Gasteiger partial charge is 0.399 e. The van der Waals surface area contributed by atoms with Crippen molar-refractivity contribution in [2.45, 2.75) is 50.6 Å². The lowest BCUT2D eigenvalue weighted by molar-refractivity contribution is -0.125. The molecule has 0 spiro atoms. The Kier molecular flexibility index (Phi) is 4.61. The zero-order chi connectivity index (χ0) is 20.7. The second-order valence-corrected chi connectivity index (χ2v) is 9.10. The maximum absolute atomic E-state index is 12.6. The van der Waals surface area contributed by atoms with Gasteiger partial charge in [0.15, 0.2) is 0 Å². The number of imidazole rings is 1. The molecule has 154 valence electrons. The van der Waals surface area contributed by atoms with Gasteiger partial charge in [-0.2, -0.15) is 0 Å². The molecule has 5 rings (SSSR count). The van der Waals surface area contributed by atoms with Gasteiger partial charge in [-0.25, -0.2) is 4.98 Å². The number of amides is 1. The summed E-state index contributed by atoms with van der Waals surface area (Å²) in [5.74, 6) is 0.336. The third-order valence-electron chi connectivity index (χ3n) is 6.68. The normalized spacial score (nSPS) is 22.0. The predicted molar refractivity (Wildman–Crippen MR) is 120 cm³/mol. The van der Waals surface area contributed by atoms with E-state index < -0.39 is 0 Å². The van der Waals surface area contributed by atoms with E-state index in [-0.39, 0.29) is 17.4 Å². The number of hydrogen-bond acceptors (Lipinski definition) is 3. The van der Waals surface area contributed by atoms with Crippen LogP contribution in [0.2, 0.25) is 0 Å². The Morgan fingerprint density at radius 1 is 1.03 bits per heavy atom. The first-order chi connectivity index (χ1) is 14.5. The number of nitrogens with two attached hydrogens (primary N) is 1. The number of rotatable bonds is 5. The van der Waals surface area contributed by atoms with Gasteiger partial charge in [-0.3, -0.25) is 4.79 Å². The van der Waals surface area contributed by atoms with Crippen LogP contribution >= 0.6 is 0 Å². The van der Waals surface area contributed by atoms with Gasteiger partial charge in [0.05, 0.1) is 18.2 Å². The predicted octanol–water partition coefficient (Wildman–Crippen LogP) is 4.81. The van der Waals surface area contributed by atoms with Crippen LogP contribution in [0.15, 0.2) is 61.1 Å². The fourth-order valence-electron chi connectivity index (χ4n) is 4.49. The summed E-state index contributed by atoms with van der Waals surface area (Å²) < 4.78 is 2.25. The monoisotopic (exact) mass is 400 g/mol. The van der Waals surface area contributed by atoms with E-state index in [9.17, 15) is 4.79 Å². The number of anilines is 1. The first kappa shape index (κ1) is 18.9. The molecule has 2 saturated carbocycles. The van der Waals surface area contributed by atoms with Crippen molar-refractivity contribution >= 4 is 11.6 Å². The van der Waals surface area contributed by atoms with Crippen LogP contribution in [0.4, 0.5) is 5.69 Å². The van der Waals surface area contributed by atoms with Gasteiger partial charge in [0, 0.05) is 23.2 Å². The molecule has 0 radical (unpaired) electrons. The van der Waals surface area contributed by atoms with Gasteiger partial charge in [-0.15, -0.1) is 0 Å². The standard InChI is InChI=1S/C25H28N4O/c1-25(12-13-25)28-24(30)20-8-11-22(14-20)29-16-27-15-23(29)19-4-2-17(3-5-19)18-6-9-21(26)10-7-18/h2-7,9-10,15-16,20,22H,8,11-14,26H2,1H3,(H,28,30). The average Bonchev–Trinajstić information content (AvgIpc) is 3.16. The number of carbonyl (C=O) groups excluding carboxylic acids is 1. The third-order valence-corrected chi connectivity index (χ3v) is 6.68. The van der Waals surface area contributed by atoms with Gasteiger partial charge >= 0.3 is 0 Å². The SMILES string of the molecule is CC1(NC(=O)C2CCC(n3cncc3-c3ccc(-c4ccc(N)cc4)cc3)C2)CC1. The second-order valence-electron chi connectivity index (χ2n) is 9.10. The van der Waals surface area contributed by atoms with Crippen molar-refractivity contribution in [3.8, 4) is 22.4 Å². The molecule has 2 aliphatic rings. The van der Waals surface area contributed by atoms with Crippen LogP contribution in [0.3, 0.4) is 0 Å². The number of aromatic nitrogens is 2. The lowest BCUT2D eigenvalue weighted by Crippen LogP contribution is -2.38. The topological polar surface area (TPSA) is 72.9 Å². The molecule has 5 nitrogen and oxygen atoms in total.